The van der Waals surface area contributed by atoms with E-state index in [1.54, 1.807) is 21.0 Å². The van der Waals surface area contributed by atoms with Crippen LogP contribution in [0, 0.1) is 5.41 Å². The number of nitrogens with one attached hydrogen (secondary N) is 2. The van der Waals surface area contributed by atoms with Crippen molar-refractivity contribution >= 4 is 45.8 Å². The molecule has 0 spiro atoms. The van der Waals surface area contributed by atoms with Crippen molar-refractivity contribution in [3.8, 4) is 22.5 Å². The van der Waals surface area contributed by atoms with Gasteiger partial charge in [0.1, 0.15) is 11.6 Å². The number of pyridine rings is 1. The number of aliphatic hydroxyl groups is 1. The van der Waals surface area contributed by atoms with Gasteiger partial charge in [-0.2, -0.15) is 0 Å². The Balaban J connectivity index is 1.25. The van der Waals surface area contributed by atoms with Crippen molar-refractivity contribution in [2.45, 2.75) is 110 Å². The molecule has 7 heterocycles. The quantitative estimate of drug-likeness (QED) is 0.215. The predicted molar refractivity (Wildman–Crippen MR) is 253 cm³/mol. The molecule has 4 aromatic rings. The van der Waals surface area contributed by atoms with Crippen LogP contribution in [0.25, 0.3) is 33.4 Å². The van der Waals surface area contributed by atoms with Crippen LogP contribution in [-0.4, -0.2) is 154 Å². The second-order valence-electron chi connectivity index (χ2n) is 20.0. The molecule has 352 valence electrons. The molecule has 3 fully saturated rings. The summed E-state index contributed by atoms with van der Waals surface area (Å²) < 4.78 is 14.6. The van der Waals surface area contributed by atoms with E-state index in [1.165, 1.54) is 21.2 Å². The minimum absolute atomic E-state index is 0.105. The third-order valence-corrected chi connectivity index (χ3v) is 14.7. The highest BCUT2D eigenvalue weighted by Gasteiger charge is 2.46. The lowest BCUT2D eigenvalue weighted by Gasteiger charge is -2.48. The number of thiazole rings is 1. The Morgan fingerprint density at radius 1 is 1.09 bits per heavy atom. The van der Waals surface area contributed by atoms with Gasteiger partial charge in [-0.3, -0.25) is 24.6 Å². The number of urea groups is 1. The van der Waals surface area contributed by atoms with Gasteiger partial charge in [0, 0.05) is 105 Å². The zero-order valence-electron chi connectivity index (χ0n) is 39.9. The van der Waals surface area contributed by atoms with E-state index in [0.717, 1.165) is 76.5 Å². The van der Waals surface area contributed by atoms with Crippen molar-refractivity contribution in [3.63, 3.8) is 0 Å². The number of ether oxygens (including phenoxy) is 2. The molecule has 16 nitrogen and oxygen atoms in total. The SMILES string of the molecule is CCn1c(-c2cc(N3CCN(C)CC3)cnc2[C@H](C)OC)c2c3cc(ccc31)-c1csc(n1)C[C@H](NC(=O)N1[C@@H](C)CN(C)CC1(C)O)C(=O)N1CCC[C@@](C)(N1)C(=O)OCC(C)(C)C2. The number of carbonyl (C=O) groups is 3. The number of aryl methyl sites for hydroxylation is 1. The number of aromatic nitrogens is 3. The lowest BCUT2D eigenvalue weighted by molar-refractivity contribution is -0.162. The Morgan fingerprint density at radius 2 is 1.85 bits per heavy atom. The number of methoxy groups -OCH3 is 1. The molecule has 4 aliphatic heterocycles. The molecule has 3 saturated heterocycles. The summed E-state index contributed by atoms with van der Waals surface area (Å²) in [6, 6.07) is 6.84. The van der Waals surface area contributed by atoms with Gasteiger partial charge in [-0.05, 0) is 91.7 Å². The van der Waals surface area contributed by atoms with Crippen LogP contribution >= 0.6 is 11.3 Å². The summed E-state index contributed by atoms with van der Waals surface area (Å²) >= 11 is 1.43. The number of esters is 1. The second kappa shape index (κ2) is 18.2. The van der Waals surface area contributed by atoms with Crippen LogP contribution in [0.5, 0.6) is 0 Å². The molecule has 3 amide bonds. The molecule has 3 N–H and O–H groups in total. The normalized spacial score (nSPS) is 26.5. The summed E-state index contributed by atoms with van der Waals surface area (Å²) in [4.78, 5) is 61.5. The Bertz CT molecular complexity index is 2430. The maximum absolute atomic E-state index is 14.6. The standard InChI is InChI=1S/C48H68N10O6S/c1-11-56-39-14-13-32-21-34(39)36(42(56)35-22-33(25-49-41(35)31(3)63-10)55-19-17-53(8)18-20-55)24-46(4,5)29-64-44(60)47(6)15-12-16-57(52-47)43(59)37(23-40-50-38(32)27-65-40)51-45(61)58-30(2)26-54(9)28-48(58,7)62/h13-14,21-22,25,27,30-31,37,52,62H,11-12,15-20,23-24,26,28-29H2,1-10H3,(H,51,61)/t30-,31-,37-,47+,48?/m0/s1. The molecule has 0 saturated carbocycles. The monoisotopic (exact) mass is 913 g/mol. The molecule has 0 aliphatic carbocycles. The van der Waals surface area contributed by atoms with E-state index in [2.05, 4.69) is 77.2 Å². The van der Waals surface area contributed by atoms with E-state index < -0.39 is 40.6 Å². The minimum Gasteiger partial charge on any atom is -0.464 e. The lowest BCUT2D eigenvalue weighted by Crippen LogP contribution is -2.69. The fourth-order valence-electron chi connectivity index (χ4n) is 10.4. The van der Waals surface area contributed by atoms with Gasteiger partial charge in [-0.15, -0.1) is 11.3 Å². The number of hydrogen-bond acceptors (Lipinski definition) is 13. The van der Waals surface area contributed by atoms with Gasteiger partial charge in [-0.25, -0.2) is 20.0 Å². The number of piperazine rings is 2. The predicted octanol–water partition coefficient (Wildman–Crippen LogP) is 5.28. The van der Waals surface area contributed by atoms with Gasteiger partial charge in [0.05, 0.1) is 46.7 Å². The molecule has 8 rings (SSSR count). The number of nitrogens with zero attached hydrogens (tertiary/aromatic N) is 8. The van der Waals surface area contributed by atoms with Crippen LogP contribution in [0.3, 0.4) is 0 Å². The van der Waals surface area contributed by atoms with Gasteiger partial charge in [0.15, 0.2) is 5.72 Å². The summed E-state index contributed by atoms with van der Waals surface area (Å²) in [5.74, 6) is -0.847. The number of hydrazine groups is 1. The Hall–Kier alpha value is -4.65. The van der Waals surface area contributed by atoms with E-state index >= 15 is 0 Å². The third-order valence-electron chi connectivity index (χ3n) is 13.8. The smallest absolute Gasteiger partial charge is 0.327 e. The Morgan fingerprint density at radius 3 is 2.55 bits per heavy atom. The van der Waals surface area contributed by atoms with Crippen LogP contribution < -0.4 is 15.6 Å². The number of β-amino-alcohol motifs (C(OH)–C–C–N with tert-alkyl or cyclic N) is 1. The average molecular weight is 913 g/mol. The maximum atomic E-state index is 14.6. The number of benzene rings is 1. The topological polar surface area (TPSA) is 161 Å². The fraction of sp³-hybridized carbons (Fsp3) is 0.604. The number of amides is 3. The first-order valence-electron chi connectivity index (χ1n) is 23.1. The van der Waals surface area contributed by atoms with Crippen molar-refractivity contribution in [1.82, 2.24) is 45.0 Å². The molecular formula is C48H68N10O6S. The maximum Gasteiger partial charge on any atom is 0.327 e. The number of likely N-dealkylation sites (N-methyl/N-ethyl adjacent to an activating group) is 2. The fourth-order valence-corrected chi connectivity index (χ4v) is 11.2. The summed E-state index contributed by atoms with van der Waals surface area (Å²) in [5.41, 5.74) is 7.93. The molecular weight excluding hydrogens is 845 g/mol. The summed E-state index contributed by atoms with van der Waals surface area (Å²) in [5, 5.41) is 19.6. The number of anilines is 1. The van der Waals surface area contributed by atoms with Crippen molar-refractivity contribution in [2.75, 3.05) is 78.5 Å². The largest absolute Gasteiger partial charge is 0.464 e. The number of cyclic esters (lactones) is 1. The highest BCUT2D eigenvalue weighted by Crippen LogP contribution is 2.43. The van der Waals surface area contributed by atoms with Gasteiger partial charge >= 0.3 is 12.0 Å². The first-order chi connectivity index (χ1) is 30.8. The molecule has 1 unspecified atom stereocenters. The van der Waals surface area contributed by atoms with Crippen LogP contribution in [-0.2, 0) is 38.4 Å². The van der Waals surface area contributed by atoms with Crippen molar-refractivity contribution in [3.05, 3.63) is 52.1 Å². The van der Waals surface area contributed by atoms with Crippen molar-refractivity contribution in [2.24, 2.45) is 5.41 Å². The summed E-state index contributed by atoms with van der Waals surface area (Å²) in [6.07, 6.45) is 3.40. The number of hydrogen-bond donors (Lipinski definition) is 3. The molecule has 5 atom stereocenters. The molecule has 1 aromatic carbocycles. The van der Waals surface area contributed by atoms with Gasteiger partial charge in [0.2, 0.25) is 0 Å². The number of fused-ring (bicyclic) bond motifs is 6. The Labute approximate surface area is 387 Å². The average Bonchev–Trinajstić information content (AvgIpc) is 3.85. The second-order valence-corrected chi connectivity index (χ2v) is 21.0. The van der Waals surface area contributed by atoms with Crippen molar-refractivity contribution in [1.29, 1.82) is 0 Å². The number of carbonyl (C=O) groups excluding carboxylic acids is 3. The van der Waals surface area contributed by atoms with Gasteiger partial charge in [-0.1, -0.05) is 19.9 Å². The lowest BCUT2D eigenvalue weighted by atomic mass is 9.84. The summed E-state index contributed by atoms with van der Waals surface area (Å²) in [7, 11) is 5.78. The highest BCUT2D eigenvalue weighted by atomic mass is 32.1. The van der Waals surface area contributed by atoms with Gasteiger partial charge in [0.25, 0.3) is 5.91 Å². The first kappa shape index (κ1) is 46.9. The van der Waals surface area contributed by atoms with E-state index in [9.17, 15) is 19.5 Å². The van der Waals surface area contributed by atoms with E-state index in [1.807, 2.05) is 37.4 Å². The Kier molecular flexibility index (Phi) is 13.1. The van der Waals surface area contributed by atoms with E-state index in [0.29, 0.717) is 43.9 Å². The van der Waals surface area contributed by atoms with E-state index in [-0.39, 0.29) is 31.7 Å². The summed E-state index contributed by atoms with van der Waals surface area (Å²) in [6.45, 7) is 19.5. The molecule has 0 radical (unpaired) electrons. The van der Waals surface area contributed by atoms with Crippen LogP contribution in [0.15, 0.2) is 35.8 Å². The highest BCUT2D eigenvalue weighted by molar-refractivity contribution is 7.10. The first-order valence-corrected chi connectivity index (χ1v) is 24.0. The molecule has 4 aliphatic rings. The van der Waals surface area contributed by atoms with E-state index in [4.69, 9.17) is 19.4 Å². The van der Waals surface area contributed by atoms with Crippen LogP contribution in [0.2, 0.25) is 0 Å². The minimum atomic E-state index is -1.47. The molecule has 65 heavy (non-hydrogen) atoms. The molecule has 3 aromatic heterocycles. The number of rotatable bonds is 6. The zero-order chi connectivity index (χ0) is 46.6. The third kappa shape index (κ3) is 9.37. The van der Waals surface area contributed by atoms with Crippen LogP contribution in [0.1, 0.15) is 83.7 Å². The van der Waals surface area contributed by atoms with Crippen molar-refractivity contribution < 1.29 is 29.0 Å². The molecule has 17 heteroatoms. The zero-order valence-corrected chi connectivity index (χ0v) is 40.7. The van der Waals surface area contributed by atoms with Crippen LogP contribution in [0.4, 0.5) is 10.5 Å². The molecule has 6 bridgehead atoms. The van der Waals surface area contributed by atoms with Gasteiger partial charge < -0.3 is 34.3 Å².